The van der Waals surface area contributed by atoms with Gasteiger partial charge in [-0.15, -0.1) is 11.3 Å². The van der Waals surface area contributed by atoms with Gasteiger partial charge in [-0.25, -0.2) is 4.79 Å². The first-order valence-electron chi connectivity index (χ1n) is 8.85. The Kier molecular flexibility index (Phi) is 5.33. The summed E-state index contributed by atoms with van der Waals surface area (Å²) in [5.74, 6) is -0.298. The van der Waals surface area contributed by atoms with Crippen LogP contribution in [0.3, 0.4) is 0 Å². The number of methoxy groups -OCH3 is 1. The summed E-state index contributed by atoms with van der Waals surface area (Å²) < 4.78 is 4.95. The Morgan fingerprint density at radius 2 is 1.81 bits per heavy atom. The molecule has 0 unspecified atom stereocenters. The van der Waals surface area contributed by atoms with Gasteiger partial charge in [0.1, 0.15) is 0 Å². The van der Waals surface area contributed by atoms with E-state index < -0.39 is 5.97 Å². The van der Waals surface area contributed by atoms with E-state index >= 15 is 0 Å². The van der Waals surface area contributed by atoms with E-state index in [1.54, 1.807) is 29.2 Å². The molecule has 1 aromatic carbocycles. The van der Waals surface area contributed by atoms with E-state index in [0.29, 0.717) is 22.8 Å². The second-order valence-electron chi connectivity index (χ2n) is 6.86. The Hall–Kier alpha value is -2.66. The predicted molar refractivity (Wildman–Crippen MR) is 110 cm³/mol. The summed E-state index contributed by atoms with van der Waals surface area (Å²) in [6.07, 6.45) is 1.79. The number of benzene rings is 1. The largest absolute Gasteiger partial charge is 0.465 e. The number of ether oxygens (including phenoxy) is 1. The second-order valence-corrected chi connectivity index (χ2v) is 7.81. The Bertz CT molecular complexity index is 948. The van der Waals surface area contributed by atoms with Crippen molar-refractivity contribution in [2.75, 3.05) is 12.0 Å². The molecule has 0 aliphatic carbocycles. The zero-order valence-corrected chi connectivity index (χ0v) is 17.0. The van der Waals surface area contributed by atoms with Crippen molar-refractivity contribution in [2.45, 2.75) is 33.6 Å². The molecule has 2 aromatic rings. The van der Waals surface area contributed by atoms with E-state index in [9.17, 15) is 9.59 Å². The second kappa shape index (κ2) is 7.53. The van der Waals surface area contributed by atoms with Crippen LogP contribution in [0.2, 0.25) is 0 Å². The topological polar surface area (TPSA) is 46.6 Å². The summed E-state index contributed by atoms with van der Waals surface area (Å²) in [5, 5.41) is 1.97. The lowest BCUT2D eigenvalue weighted by Gasteiger charge is -2.19. The van der Waals surface area contributed by atoms with Gasteiger partial charge in [0.25, 0.3) is 5.91 Å². The molecular weight excluding hydrogens is 358 g/mol. The van der Waals surface area contributed by atoms with Gasteiger partial charge in [0.2, 0.25) is 0 Å². The molecule has 0 fully saturated rings. The number of nitrogens with zero attached hydrogens (tertiary/aromatic N) is 1. The molecule has 0 N–H and O–H groups in total. The maximum Gasteiger partial charge on any atom is 0.340 e. The molecule has 0 radical (unpaired) electrons. The van der Waals surface area contributed by atoms with Crippen LogP contribution in [0.25, 0.3) is 6.08 Å². The van der Waals surface area contributed by atoms with Gasteiger partial charge < -0.3 is 4.74 Å². The first kappa shape index (κ1) is 19.1. The number of allylic oxidation sites excluding steroid dienone is 1. The number of hydrogen-bond acceptors (Lipinski definition) is 4. The SMILES string of the molecule is COC(=O)C1=C(C)N(c2ccc(C(C)C)cc2)C(=O)/C1=C\c1sccc1C. The molecule has 0 bridgehead atoms. The van der Waals surface area contributed by atoms with E-state index in [0.717, 1.165) is 16.1 Å². The van der Waals surface area contributed by atoms with Crippen LogP contribution in [0.5, 0.6) is 0 Å². The lowest BCUT2D eigenvalue weighted by Crippen LogP contribution is -2.24. The maximum atomic E-state index is 13.2. The van der Waals surface area contributed by atoms with Crippen LogP contribution < -0.4 is 4.90 Å². The lowest BCUT2D eigenvalue weighted by molar-refractivity contribution is -0.136. The van der Waals surface area contributed by atoms with Gasteiger partial charge in [0.05, 0.1) is 18.3 Å². The van der Waals surface area contributed by atoms with E-state index in [4.69, 9.17) is 4.74 Å². The summed E-state index contributed by atoms with van der Waals surface area (Å²) in [4.78, 5) is 28.2. The van der Waals surface area contributed by atoms with Crippen molar-refractivity contribution in [2.24, 2.45) is 0 Å². The molecule has 5 heteroatoms. The minimum Gasteiger partial charge on any atom is -0.465 e. The van der Waals surface area contributed by atoms with Gasteiger partial charge in [-0.3, -0.25) is 9.69 Å². The predicted octanol–water partition coefficient (Wildman–Crippen LogP) is 5.06. The first-order valence-corrected chi connectivity index (χ1v) is 9.73. The van der Waals surface area contributed by atoms with Crippen molar-refractivity contribution >= 4 is 35.0 Å². The highest BCUT2D eigenvalue weighted by Crippen LogP contribution is 2.36. The standard InChI is InChI=1S/C22H23NO3S/c1-13(2)16-6-8-17(9-7-16)23-15(4)20(22(25)26-5)18(21(23)24)12-19-14(3)10-11-27-19/h6-13H,1-5H3/b18-12-. The van der Waals surface area contributed by atoms with E-state index in [-0.39, 0.29) is 5.91 Å². The minimum atomic E-state index is -0.498. The number of thiophene rings is 1. The monoisotopic (exact) mass is 381 g/mol. The fraction of sp³-hybridized carbons (Fsp3) is 0.273. The maximum absolute atomic E-state index is 13.2. The molecule has 1 aliphatic rings. The molecule has 0 saturated heterocycles. The van der Waals surface area contributed by atoms with E-state index in [1.165, 1.54) is 12.7 Å². The molecule has 0 spiro atoms. The smallest absolute Gasteiger partial charge is 0.340 e. The molecule has 27 heavy (non-hydrogen) atoms. The third-order valence-electron chi connectivity index (χ3n) is 4.78. The van der Waals surface area contributed by atoms with Crippen LogP contribution in [0, 0.1) is 6.92 Å². The third-order valence-corrected chi connectivity index (χ3v) is 5.75. The number of carbonyl (C=O) groups excluding carboxylic acids is 2. The lowest BCUT2D eigenvalue weighted by atomic mass is 10.0. The normalized spacial score (nSPS) is 16.0. The van der Waals surface area contributed by atoms with Crippen LogP contribution in [0.15, 0.2) is 52.6 Å². The van der Waals surface area contributed by atoms with Crippen molar-refractivity contribution in [3.05, 3.63) is 68.6 Å². The van der Waals surface area contributed by atoms with Crippen molar-refractivity contribution in [3.8, 4) is 0 Å². The quantitative estimate of drug-likeness (QED) is 0.549. The summed E-state index contributed by atoms with van der Waals surface area (Å²) in [6, 6.07) is 9.87. The Balaban J connectivity index is 2.10. The fourth-order valence-corrected chi connectivity index (χ4v) is 4.02. The summed E-state index contributed by atoms with van der Waals surface area (Å²) in [6.45, 7) is 8.02. The average molecular weight is 381 g/mol. The van der Waals surface area contributed by atoms with Crippen molar-refractivity contribution < 1.29 is 14.3 Å². The van der Waals surface area contributed by atoms with Crippen LogP contribution >= 0.6 is 11.3 Å². The van der Waals surface area contributed by atoms with Crippen molar-refractivity contribution in [1.82, 2.24) is 0 Å². The summed E-state index contributed by atoms with van der Waals surface area (Å²) in [5.41, 5.74) is 4.30. The average Bonchev–Trinajstić information content (AvgIpc) is 3.16. The highest BCUT2D eigenvalue weighted by atomic mass is 32.1. The Morgan fingerprint density at radius 3 is 2.33 bits per heavy atom. The minimum absolute atomic E-state index is 0.210. The number of rotatable bonds is 4. The molecule has 1 aromatic heterocycles. The number of hydrogen-bond donors (Lipinski definition) is 0. The van der Waals surface area contributed by atoms with Gasteiger partial charge in [0.15, 0.2) is 0 Å². The van der Waals surface area contributed by atoms with E-state index in [1.807, 2.05) is 42.6 Å². The highest BCUT2D eigenvalue weighted by Gasteiger charge is 2.38. The fourth-order valence-electron chi connectivity index (χ4n) is 3.16. The number of amides is 1. The van der Waals surface area contributed by atoms with Crippen LogP contribution in [0.1, 0.15) is 42.7 Å². The number of anilines is 1. The molecule has 2 heterocycles. The Morgan fingerprint density at radius 1 is 1.15 bits per heavy atom. The van der Waals surface area contributed by atoms with Crippen LogP contribution in [-0.4, -0.2) is 19.0 Å². The molecule has 0 saturated carbocycles. The van der Waals surface area contributed by atoms with Gasteiger partial charge >= 0.3 is 5.97 Å². The highest BCUT2D eigenvalue weighted by molar-refractivity contribution is 7.11. The van der Waals surface area contributed by atoms with E-state index in [2.05, 4.69) is 13.8 Å². The summed E-state index contributed by atoms with van der Waals surface area (Å²) in [7, 11) is 1.33. The van der Waals surface area contributed by atoms with Gasteiger partial charge in [-0.1, -0.05) is 26.0 Å². The molecule has 140 valence electrons. The molecule has 4 nitrogen and oxygen atoms in total. The van der Waals surface area contributed by atoms with Crippen molar-refractivity contribution in [1.29, 1.82) is 0 Å². The van der Waals surface area contributed by atoms with Crippen LogP contribution in [0.4, 0.5) is 5.69 Å². The number of aryl methyl sites for hydroxylation is 1. The summed E-state index contributed by atoms with van der Waals surface area (Å²) >= 11 is 1.54. The van der Waals surface area contributed by atoms with Gasteiger partial charge in [-0.05, 0) is 60.5 Å². The zero-order chi connectivity index (χ0) is 19.7. The third kappa shape index (κ3) is 3.47. The molecular formula is C22H23NO3S. The number of esters is 1. The van der Waals surface area contributed by atoms with Crippen LogP contribution in [-0.2, 0) is 14.3 Å². The molecule has 1 amide bonds. The molecule has 0 atom stereocenters. The van der Waals surface area contributed by atoms with Gasteiger partial charge in [0, 0.05) is 16.3 Å². The number of carbonyl (C=O) groups is 2. The molecule has 1 aliphatic heterocycles. The first-order chi connectivity index (χ1) is 12.8. The van der Waals surface area contributed by atoms with Crippen molar-refractivity contribution in [3.63, 3.8) is 0 Å². The zero-order valence-electron chi connectivity index (χ0n) is 16.2. The van der Waals surface area contributed by atoms with Gasteiger partial charge in [-0.2, -0.15) is 0 Å². The Labute approximate surface area is 163 Å². The molecule has 3 rings (SSSR count).